The van der Waals surface area contributed by atoms with Gasteiger partial charge in [0.05, 0.1) is 88.7 Å². The van der Waals surface area contributed by atoms with Crippen molar-refractivity contribution in [1.82, 2.24) is 10.6 Å². The zero-order valence-electron chi connectivity index (χ0n) is 54.3. The number of ether oxygens (including phenoxy) is 13. The Morgan fingerprint density at radius 3 is 0.894 bits per heavy atom. The predicted octanol–water partition coefficient (Wildman–Crippen LogP) is -14.4. The van der Waals surface area contributed by atoms with Crippen LogP contribution in [0.4, 0.5) is 4.70 Å². The monoisotopic (exact) mass is 1640 g/mol. The Morgan fingerprint density at radius 2 is 0.587 bits per heavy atom. The van der Waals surface area contributed by atoms with Crippen LogP contribution in [-0.2, 0) is 61.6 Å². The first-order valence-corrected chi connectivity index (χ1v) is 32.0. The van der Waals surface area contributed by atoms with Gasteiger partial charge in [-0.25, -0.2) is 0 Å². The number of rotatable bonds is 23. The van der Waals surface area contributed by atoms with Gasteiger partial charge in [0.15, 0.2) is 37.7 Å². The Bertz CT molecular complexity index is 2590. The Labute approximate surface area is 618 Å². The van der Waals surface area contributed by atoms with Gasteiger partial charge in [0.2, 0.25) is 0 Å². The van der Waals surface area contributed by atoms with Gasteiger partial charge in [-0.05, 0) is 31.9 Å². The van der Waals surface area contributed by atoms with Crippen LogP contribution in [0.2, 0.25) is 0 Å². The van der Waals surface area contributed by atoms with E-state index in [9.17, 15) is 133 Å². The maximum atomic E-state index is 11.5. The summed E-state index contributed by atoms with van der Waals surface area (Å²) < 4.78 is 74.5. The fourth-order valence-electron chi connectivity index (χ4n) is 13.7. The molecule has 28 N–H and O–H groups in total. The quantitative estimate of drug-likeness (QED) is 0.0257. The Morgan fingerprint density at radius 1 is 0.327 bits per heavy atom. The van der Waals surface area contributed by atoms with Crippen molar-refractivity contribution in [2.75, 3.05) is 46.2 Å². The summed E-state index contributed by atoms with van der Waals surface area (Å²) in [6.45, 7) is -2.08. The van der Waals surface area contributed by atoms with E-state index in [0.29, 0.717) is 0 Å². The van der Waals surface area contributed by atoms with Crippen molar-refractivity contribution in [3.05, 3.63) is 23.3 Å². The van der Waals surface area contributed by atoms with Crippen molar-refractivity contribution in [1.29, 1.82) is 0 Å². The van der Waals surface area contributed by atoms with Crippen LogP contribution in [0.15, 0.2) is 23.3 Å². The number of hydrogen-bond acceptors (Lipinski definition) is 41. The van der Waals surface area contributed by atoms with Gasteiger partial charge in [-0.2, -0.15) is 0 Å². The highest BCUT2D eigenvalue weighted by molar-refractivity contribution is 14.0. The summed E-state index contributed by atoms with van der Waals surface area (Å²) >= 11 is 0. The van der Waals surface area contributed by atoms with Crippen molar-refractivity contribution in [3.8, 4) is 0 Å². The van der Waals surface area contributed by atoms with Crippen LogP contribution < -0.4 is 10.6 Å². The lowest BCUT2D eigenvalue weighted by molar-refractivity contribution is -0.390. The highest BCUT2D eigenvalue weighted by Crippen LogP contribution is 2.39. The highest BCUT2D eigenvalue weighted by Gasteiger charge is 2.59. The smallest absolute Gasteiger partial charge is 0.187 e. The molecule has 0 aromatic carbocycles. The molecule has 2 aliphatic carbocycles. The molecule has 41 nitrogen and oxygen atoms in total. The SMILES string of the molecule is C.C.C.CC1OC(CO)C(OC2OC(CO)C(OC3OC(CO)C(OC4OC(CO)C(OC5OC(C)C(NC6C=C(CO)C(OC7OC(CO)C(OC8OC(C)C(NC9C=C(CO)C(O)C(O)C9O)C(O)C8O)C(O)C7O)C(O)C6O)C(O)C5O)C(O)C4O)C(O)C3O)C(O)C2O)C(O)C1O.F.I.[2HH].[B].[HH]. The first kappa shape index (κ1) is 96.8. The second-order valence-corrected chi connectivity index (χ2v) is 26.0. The van der Waals surface area contributed by atoms with Crippen LogP contribution in [-0.4, -0.2) is 451 Å². The molecule has 43 unspecified atom stereocenters. The van der Waals surface area contributed by atoms with Crippen molar-refractivity contribution in [3.63, 3.8) is 0 Å². The first-order valence-electron chi connectivity index (χ1n) is 32.0. The summed E-state index contributed by atoms with van der Waals surface area (Å²) in [4.78, 5) is 0. The number of nitrogens with one attached hydrogen (secondary N) is 2. The van der Waals surface area contributed by atoms with E-state index >= 15 is 0 Å². The molecule has 104 heavy (non-hydrogen) atoms. The van der Waals surface area contributed by atoms with Crippen LogP contribution in [0.1, 0.15) is 45.9 Å². The van der Waals surface area contributed by atoms with Gasteiger partial charge in [-0.15, -0.1) is 24.0 Å². The Balaban J connectivity index is 0.00000702. The lowest BCUT2D eigenvalue weighted by Crippen LogP contribution is -2.69. The molecule has 0 bridgehead atoms. The van der Waals surface area contributed by atoms with E-state index in [-0.39, 0.29) is 73.4 Å². The third-order valence-corrected chi connectivity index (χ3v) is 19.6. The molecule has 7 aliphatic heterocycles. The number of hydrogen-bond donors (Lipinski definition) is 28. The van der Waals surface area contributed by atoms with E-state index in [1.807, 2.05) is 0 Å². The van der Waals surface area contributed by atoms with Gasteiger partial charge >= 0.3 is 0 Å². The van der Waals surface area contributed by atoms with Crippen LogP contribution in [0.3, 0.4) is 0 Å². The summed E-state index contributed by atoms with van der Waals surface area (Å²) in [6, 6.07) is -5.15. The van der Waals surface area contributed by atoms with Gasteiger partial charge in [0.1, 0.15) is 183 Å². The summed E-state index contributed by atoms with van der Waals surface area (Å²) in [7, 11) is 0. The molecule has 43 atom stereocenters. The molecule has 0 spiro atoms. The van der Waals surface area contributed by atoms with Crippen LogP contribution in [0.25, 0.3) is 0 Å². The van der Waals surface area contributed by atoms with E-state index in [1.54, 1.807) is 0 Å². The lowest BCUT2D eigenvalue weighted by atomic mass is 9.86. The highest BCUT2D eigenvalue weighted by atomic mass is 127. The molecular weight excluding hydrogens is 1530 g/mol. The first-order chi connectivity index (χ1) is 46.4. The van der Waals surface area contributed by atoms with Gasteiger partial charge < -0.3 is 205 Å². The van der Waals surface area contributed by atoms with E-state index in [1.165, 1.54) is 32.9 Å². The van der Waals surface area contributed by atoms with E-state index in [4.69, 9.17) is 61.6 Å². The molecule has 7 fully saturated rings. The normalized spacial score (nSPS) is 49.8. The number of aliphatic hydroxyl groups excluding tert-OH is 26. The van der Waals surface area contributed by atoms with Crippen molar-refractivity contribution >= 4 is 32.4 Å². The largest absolute Gasteiger partial charge is 0.394 e. The minimum Gasteiger partial charge on any atom is -0.394 e. The molecule has 9 rings (SSSR count). The fourth-order valence-corrected chi connectivity index (χ4v) is 13.7. The maximum absolute atomic E-state index is 11.5. The zero-order valence-corrected chi connectivity index (χ0v) is 56.6. The topological polar surface area (TPSA) is 670 Å². The molecule has 7 heterocycles. The lowest BCUT2D eigenvalue weighted by Gasteiger charge is -2.50. The molecule has 0 saturated carbocycles. The molecule has 0 aromatic heterocycles. The summed E-state index contributed by atoms with van der Waals surface area (Å²) in [5.41, 5.74) is -0.220. The third kappa shape index (κ3) is 19.8. The molecule has 7 saturated heterocycles. The fraction of sp³-hybridized carbons (Fsp3) is 0.933. The van der Waals surface area contributed by atoms with Gasteiger partial charge in [-0.3, -0.25) is 4.70 Å². The standard InChI is InChI=1S/C57H96N2O39.3CH4.B.FH.HI.2H2/c1-13-25(58-18-4-16(6-60)28(68)33(73)29(18)69)31(71)40(80)52(87-13)94-48-21(9-63)89-54(42(82)36(48)76)93-46-17(7-61)5-19(30(70)35(46)75)59-26-14(2)88-53(41(81)32(26)72)95-49-22(10-64)90-56(43(83)37(49)77)97-51-24(12-66)92-57(45(85)39(51)79)98-50-23(11-65)91-55(44(84)38(50)78)96-47-20(8-62)86-15(3)27(67)34(47)74;;;;;;;;/h4-5,13-15,18-85H,6-12H2,1-3H3;3*1H4;;4*1H/i;;;;;;;1+1;. The molecule has 615 valence electrons. The molecule has 44 heteroatoms. The maximum Gasteiger partial charge on any atom is 0.187 e. The minimum atomic E-state index is -2.19. The van der Waals surface area contributed by atoms with Gasteiger partial charge in [-0.1, -0.05) is 34.4 Å². The average Bonchev–Trinajstić information content (AvgIpc) is 0.776. The Kier molecular flexibility index (Phi) is 38.5. The van der Waals surface area contributed by atoms with E-state index in [2.05, 4.69) is 10.6 Å². The van der Waals surface area contributed by atoms with Gasteiger partial charge in [0, 0.05) is 11.3 Å². The van der Waals surface area contributed by atoms with Crippen molar-refractivity contribution in [2.45, 2.75) is 306 Å². The zero-order chi connectivity index (χ0) is 72.0. The predicted molar refractivity (Wildman–Crippen MR) is 356 cm³/mol. The van der Waals surface area contributed by atoms with Gasteiger partial charge in [0.25, 0.3) is 0 Å². The summed E-state index contributed by atoms with van der Waals surface area (Å²) in [5, 5.41) is 288. The summed E-state index contributed by atoms with van der Waals surface area (Å²) in [6.07, 6.45) is -67.4. The number of halogens is 2. The van der Waals surface area contributed by atoms with Crippen LogP contribution in [0, 0.1) is 0 Å². The summed E-state index contributed by atoms with van der Waals surface area (Å²) in [5.74, 6) is 0. The Hall–Kier alpha value is -1.44. The second kappa shape index (κ2) is 41.4. The van der Waals surface area contributed by atoms with Crippen LogP contribution in [0.5, 0.6) is 0 Å². The molecule has 0 amide bonds. The second-order valence-electron chi connectivity index (χ2n) is 26.0. The van der Waals surface area contributed by atoms with Crippen molar-refractivity contribution < 1.29 is 202 Å². The number of aliphatic hydroxyl groups is 26. The van der Waals surface area contributed by atoms with E-state index in [0.717, 1.165) is 0 Å². The molecular formula is C60H114BFIN2O39. The molecule has 3 radical (unpaired) electrons. The molecule has 9 aliphatic rings. The van der Waals surface area contributed by atoms with Crippen molar-refractivity contribution in [2.24, 2.45) is 0 Å². The average molecular weight is 1650 g/mol. The minimum absolute atomic E-state index is 0. The third-order valence-electron chi connectivity index (χ3n) is 19.6. The molecule has 0 aromatic rings. The van der Waals surface area contributed by atoms with E-state index < -0.39 is 310 Å². The van der Waals surface area contributed by atoms with Crippen LogP contribution >= 0.6 is 24.0 Å².